The van der Waals surface area contributed by atoms with Gasteiger partial charge in [-0.2, -0.15) is 5.10 Å². The third-order valence-corrected chi connectivity index (χ3v) is 1.11. The zero-order valence-electron chi connectivity index (χ0n) is 4.97. The molecule has 0 aliphatic rings. The van der Waals surface area contributed by atoms with Gasteiger partial charge in [0.15, 0.2) is 0 Å². The summed E-state index contributed by atoms with van der Waals surface area (Å²) in [4.78, 5) is 0. The molecule has 48 valence electrons. The summed E-state index contributed by atoms with van der Waals surface area (Å²) in [5.74, 6) is 0. The molecule has 10 heavy (non-hydrogen) atoms. The minimum absolute atomic E-state index is 0.664. The molecule has 0 N–H and O–H groups in total. The van der Waals surface area contributed by atoms with E-state index in [1.54, 1.807) is 12.3 Å². The van der Waals surface area contributed by atoms with Crippen molar-refractivity contribution < 1.29 is 0 Å². The van der Waals surface area contributed by atoms with Gasteiger partial charge in [0, 0.05) is 0 Å². The zero-order chi connectivity index (χ0) is 6.81. The van der Waals surface area contributed by atoms with Gasteiger partial charge in [0.25, 0.3) is 0 Å². The third-order valence-electron chi connectivity index (χ3n) is 1.11. The monoisotopic (exact) mass is 133 g/mol. The minimum atomic E-state index is 0.664. The van der Waals surface area contributed by atoms with Crippen LogP contribution < -0.4 is 0 Å². The first-order valence-electron chi connectivity index (χ1n) is 2.72. The van der Waals surface area contributed by atoms with Gasteiger partial charge in [-0.15, -0.1) is 15.3 Å². The zero-order valence-corrected chi connectivity index (χ0v) is 4.97. The van der Waals surface area contributed by atoms with Gasteiger partial charge in [-0.3, -0.25) is 0 Å². The van der Waals surface area contributed by atoms with E-state index in [2.05, 4.69) is 25.6 Å². The average Bonchev–Trinajstić information content (AvgIpc) is 2.05. The number of aromatic nitrogens is 5. The second-order valence-electron chi connectivity index (χ2n) is 1.74. The molecule has 0 unspecified atom stereocenters. The first-order valence-corrected chi connectivity index (χ1v) is 2.72. The summed E-state index contributed by atoms with van der Waals surface area (Å²) in [6.07, 6.45) is 3.09. The fourth-order valence-electron chi connectivity index (χ4n) is 0.667. The van der Waals surface area contributed by atoms with Crippen LogP contribution in [-0.2, 0) is 0 Å². The molecular formula is C5H3N5. The maximum Gasteiger partial charge on any atom is 0.133 e. The molecule has 0 radical (unpaired) electrons. The maximum atomic E-state index is 3.77. The highest BCUT2D eigenvalue weighted by Crippen LogP contribution is 1.99. The Bertz CT molecular complexity index is 281. The van der Waals surface area contributed by atoms with E-state index in [9.17, 15) is 0 Å². The van der Waals surface area contributed by atoms with Crippen LogP contribution in [0.15, 0.2) is 18.5 Å². The van der Waals surface area contributed by atoms with Gasteiger partial charge in [-0.25, -0.2) is 0 Å². The molecule has 0 aliphatic carbocycles. The predicted molar refractivity (Wildman–Crippen MR) is 32.9 cm³/mol. The lowest BCUT2D eigenvalue weighted by atomic mass is 10.4. The van der Waals surface area contributed by atoms with Gasteiger partial charge < -0.3 is 0 Å². The van der Waals surface area contributed by atoms with Gasteiger partial charge in [0.1, 0.15) is 11.0 Å². The molecule has 2 aromatic heterocycles. The molecule has 2 aromatic rings. The van der Waals surface area contributed by atoms with Crippen molar-refractivity contribution in [2.24, 2.45) is 0 Å². The summed E-state index contributed by atoms with van der Waals surface area (Å²) in [7, 11) is 0. The summed E-state index contributed by atoms with van der Waals surface area (Å²) >= 11 is 0. The summed E-state index contributed by atoms with van der Waals surface area (Å²) in [6, 6.07) is 1.73. The number of rotatable bonds is 0. The van der Waals surface area contributed by atoms with Crippen molar-refractivity contribution in [3.05, 3.63) is 18.5 Å². The topological polar surface area (TPSA) is 64.5 Å². The second-order valence-corrected chi connectivity index (χ2v) is 1.74. The molecule has 5 heteroatoms. The molecule has 0 aliphatic heterocycles. The van der Waals surface area contributed by atoms with Crippen molar-refractivity contribution >= 4 is 11.0 Å². The van der Waals surface area contributed by atoms with Crippen LogP contribution in [0.3, 0.4) is 0 Å². The molecule has 0 atom stereocenters. The number of hydrogen-bond acceptors (Lipinski definition) is 5. The molecule has 0 aromatic carbocycles. The van der Waals surface area contributed by atoms with Crippen LogP contribution in [0, 0.1) is 0 Å². The molecule has 5 nitrogen and oxygen atoms in total. The van der Waals surface area contributed by atoms with Crippen LogP contribution in [0.2, 0.25) is 0 Å². The van der Waals surface area contributed by atoms with E-state index < -0.39 is 0 Å². The van der Waals surface area contributed by atoms with E-state index >= 15 is 0 Å². The third kappa shape index (κ3) is 0.680. The highest BCUT2D eigenvalue weighted by atomic mass is 15.3. The van der Waals surface area contributed by atoms with E-state index in [-0.39, 0.29) is 0 Å². The summed E-state index contributed by atoms with van der Waals surface area (Å²) in [5.41, 5.74) is 1.38. The molecule has 0 spiro atoms. The SMILES string of the molecule is c1cc2nnncc2nn1. The Hall–Kier alpha value is -1.65. The van der Waals surface area contributed by atoms with Crippen molar-refractivity contribution in [3.8, 4) is 0 Å². The van der Waals surface area contributed by atoms with Crippen molar-refractivity contribution in [2.75, 3.05) is 0 Å². The summed E-state index contributed by atoms with van der Waals surface area (Å²) < 4.78 is 0. The van der Waals surface area contributed by atoms with Crippen LogP contribution >= 0.6 is 0 Å². The lowest BCUT2D eigenvalue weighted by molar-refractivity contribution is 0.883. The maximum absolute atomic E-state index is 3.77. The van der Waals surface area contributed by atoms with E-state index in [1.807, 2.05) is 0 Å². The fourth-order valence-corrected chi connectivity index (χ4v) is 0.667. The van der Waals surface area contributed by atoms with Crippen LogP contribution in [0.1, 0.15) is 0 Å². The highest BCUT2D eigenvalue weighted by molar-refractivity contribution is 5.70. The van der Waals surface area contributed by atoms with Crippen molar-refractivity contribution in [2.45, 2.75) is 0 Å². The van der Waals surface area contributed by atoms with Crippen LogP contribution in [0.25, 0.3) is 11.0 Å². The standard InChI is InChI=1S/C5H3N5/c1-2-6-8-5-3-7-10-9-4(1)5/h1-3H. The molecule has 0 saturated heterocycles. The van der Waals surface area contributed by atoms with Crippen LogP contribution in [-0.4, -0.2) is 25.6 Å². The van der Waals surface area contributed by atoms with Gasteiger partial charge >= 0.3 is 0 Å². The summed E-state index contributed by atoms with van der Waals surface area (Å²) in [6.45, 7) is 0. The molecule has 2 rings (SSSR count). The fraction of sp³-hybridized carbons (Fsp3) is 0. The molecule has 0 fully saturated rings. The van der Waals surface area contributed by atoms with Crippen molar-refractivity contribution in [3.63, 3.8) is 0 Å². The summed E-state index contributed by atoms with van der Waals surface area (Å²) in [5, 5.41) is 18.1. The Morgan fingerprint density at radius 3 is 2.90 bits per heavy atom. The van der Waals surface area contributed by atoms with E-state index in [0.29, 0.717) is 11.0 Å². The van der Waals surface area contributed by atoms with Crippen LogP contribution in [0.5, 0.6) is 0 Å². The normalized spacial score (nSPS) is 10.0. The Morgan fingerprint density at radius 2 is 2.00 bits per heavy atom. The first kappa shape index (κ1) is 5.16. The second kappa shape index (κ2) is 1.94. The first-order chi connectivity index (χ1) is 4.97. The largest absolute Gasteiger partial charge is 0.158 e. The van der Waals surface area contributed by atoms with Gasteiger partial charge in [0.2, 0.25) is 0 Å². The van der Waals surface area contributed by atoms with E-state index in [4.69, 9.17) is 0 Å². The van der Waals surface area contributed by atoms with Crippen LogP contribution in [0.4, 0.5) is 0 Å². The molecule has 0 bridgehead atoms. The van der Waals surface area contributed by atoms with E-state index in [0.717, 1.165) is 0 Å². The Balaban J connectivity index is 2.89. The molecule has 0 saturated carbocycles. The smallest absolute Gasteiger partial charge is 0.133 e. The Morgan fingerprint density at radius 1 is 1.00 bits per heavy atom. The number of hydrogen-bond donors (Lipinski definition) is 0. The lowest BCUT2D eigenvalue weighted by Crippen LogP contribution is -1.89. The van der Waals surface area contributed by atoms with Crippen molar-refractivity contribution in [1.29, 1.82) is 0 Å². The lowest BCUT2D eigenvalue weighted by Gasteiger charge is -1.87. The average molecular weight is 133 g/mol. The van der Waals surface area contributed by atoms with Gasteiger partial charge in [0.05, 0.1) is 12.4 Å². The Labute approximate surface area is 56.1 Å². The predicted octanol–water partition coefficient (Wildman–Crippen LogP) is -0.185. The molecular weight excluding hydrogens is 130 g/mol. The Kier molecular flexibility index (Phi) is 1.00. The quantitative estimate of drug-likeness (QED) is 0.498. The minimum Gasteiger partial charge on any atom is -0.158 e. The number of fused-ring (bicyclic) bond motifs is 1. The highest BCUT2D eigenvalue weighted by Gasteiger charge is 1.91. The molecule has 0 amide bonds. The van der Waals surface area contributed by atoms with E-state index in [1.165, 1.54) is 6.20 Å². The van der Waals surface area contributed by atoms with Gasteiger partial charge in [-0.05, 0) is 11.3 Å². The van der Waals surface area contributed by atoms with Crippen molar-refractivity contribution in [1.82, 2.24) is 25.6 Å². The molecule has 2 heterocycles. The number of nitrogens with zero attached hydrogens (tertiary/aromatic N) is 5. The van der Waals surface area contributed by atoms with Gasteiger partial charge in [-0.1, -0.05) is 0 Å².